The maximum absolute atomic E-state index is 14.0. The van der Waals surface area contributed by atoms with Crippen LogP contribution in [0.25, 0.3) is 5.76 Å². The fraction of sp³-hybridized carbons (Fsp3) is 0.500. The van der Waals surface area contributed by atoms with Gasteiger partial charge in [-0.05, 0) is 56.6 Å². The summed E-state index contributed by atoms with van der Waals surface area (Å²) in [5.74, 6) is -3.08. The summed E-state index contributed by atoms with van der Waals surface area (Å²) in [6.07, 6.45) is 2.09. The SMILES string of the molecule is CCCCOc1noc2c1C(=O)[C@@]1(O)C(=O)C3=C(O)c4c(O)ccc(OC)c4C[C@H]3C[C@H]1[C@@H]2N(C)C. The number of hydrogen-bond acceptors (Lipinski definition) is 10. The van der Waals surface area contributed by atoms with Gasteiger partial charge < -0.3 is 29.3 Å². The van der Waals surface area contributed by atoms with Gasteiger partial charge in [-0.2, -0.15) is 0 Å². The Balaban J connectivity index is 1.67. The third kappa shape index (κ3) is 3.20. The maximum Gasteiger partial charge on any atom is 0.265 e. The Kier molecular flexibility index (Phi) is 5.83. The molecule has 1 aromatic heterocycles. The summed E-state index contributed by atoms with van der Waals surface area (Å²) < 4.78 is 16.7. The summed E-state index contributed by atoms with van der Waals surface area (Å²) in [5.41, 5.74) is -1.92. The average molecular weight is 499 g/mol. The fourth-order valence-corrected chi connectivity index (χ4v) is 6.00. The van der Waals surface area contributed by atoms with Crippen molar-refractivity contribution >= 4 is 17.3 Å². The van der Waals surface area contributed by atoms with E-state index >= 15 is 0 Å². The summed E-state index contributed by atoms with van der Waals surface area (Å²) in [6.45, 7) is 2.30. The molecule has 10 nitrogen and oxygen atoms in total. The van der Waals surface area contributed by atoms with Gasteiger partial charge in [-0.25, -0.2) is 0 Å². The number of hydrogen-bond donors (Lipinski definition) is 3. The predicted octanol–water partition coefficient (Wildman–Crippen LogP) is 2.83. The van der Waals surface area contributed by atoms with Gasteiger partial charge in [-0.1, -0.05) is 13.3 Å². The topological polar surface area (TPSA) is 143 Å². The number of phenolic OH excluding ortho intramolecular Hbond substituents is 1. The Bertz CT molecular complexity index is 1280. The van der Waals surface area contributed by atoms with Crippen LogP contribution in [0.3, 0.4) is 0 Å². The van der Waals surface area contributed by atoms with Crippen LogP contribution in [0.4, 0.5) is 0 Å². The van der Waals surface area contributed by atoms with E-state index in [1.807, 2.05) is 6.92 Å². The Labute approximate surface area is 208 Å². The fourth-order valence-electron chi connectivity index (χ4n) is 6.00. The first-order valence-electron chi connectivity index (χ1n) is 12.1. The second-order valence-electron chi connectivity index (χ2n) is 9.91. The van der Waals surface area contributed by atoms with E-state index in [0.717, 1.165) is 12.8 Å². The molecule has 3 aliphatic carbocycles. The van der Waals surface area contributed by atoms with Gasteiger partial charge >= 0.3 is 0 Å². The number of aliphatic hydroxyl groups is 2. The number of benzene rings is 1. The third-order valence-corrected chi connectivity index (χ3v) is 7.69. The second-order valence-corrected chi connectivity index (χ2v) is 9.91. The number of Topliss-reactive ketones (excluding diaryl/α,β-unsaturated/α-hetero) is 2. The minimum atomic E-state index is -2.46. The number of aromatic nitrogens is 1. The van der Waals surface area contributed by atoms with E-state index in [0.29, 0.717) is 17.9 Å². The van der Waals surface area contributed by atoms with Crippen molar-refractivity contribution in [3.63, 3.8) is 0 Å². The van der Waals surface area contributed by atoms with Crippen LogP contribution in [-0.2, 0) is 11.2 Å². The number of carbonyl (C=O) groups excluding carboxylic acids is 2. The molecule has 192 valence electrons. The van der Waals surface area contributed by atoms with E-state index in [-0.39, 0.29) is 46.9 Å². The van der Waals surface area contributed by atoms with Crippen LogP contribution >= 0.6 is 0 Å². The molecule has 0 spiro atoms. The van der Waals surface area contributed by atoms with Crippen LogP contribution in [0.5, 0.6) is 17.4 Å². The number of aromatic hydroxyl groups is 1. The minimum Gasteiger partial charge on any atom is -0.507 e. The number of rotatable bonds is 6. The predicted molar refractivity (Wildman–Crippen MR) is 127 cm³/mol. The third-order valence-electron chi connectivity index (χ3n) is 7.69. The molecule has 2 aromatic rings. The van der Waals surface area contributed by atoms with Crippen molar-refractivity contribution in [1.82, 2.24) is 10.1 Å². The van der Waals surface area contributed by atoms with Crippen LogP contribution < -0.4 is 9.47 Å². The first-order valence-corrected chi connectivity index (χ1v) is 12.1. The largest absolute Gasteiger partial charge is 0.507 e. The lowest BCUT2D eigenvalue weighted by molar-refractivity contribution is -0.142. The molecule has 4 atom stereocenters. The summed E-state index contributed by atoms with van der Waals surface area (Å²) in [7, 11) is 5.03. The number of aliphatic hydroxyl groups excluding tert-OH is 1. The molecule has 0 radical (unpaired) electrons. The van der Waals surface area contributed by atoms with Gasteiger partial charge in [0.15, 0.2) is 11.4 Å². The standard InChI is InChI=1S/C26H30N2O8/c1-5-6-9-35-25-19-22(36-27-25)20(28(2)3)14-11-12-10-13-16(34-4)8-7-15(29)18(13)21(30)17(12)23(31)26(14,33)24(19)32/h7-8,12,14,20,29-30,33H,5-6,9-11H2,1-4H3/t12-,14-,20-,26-/m0/s1. The van der Waals surface area contributed by atoms with Gasteiger partial charge in [0, 0.05) is 17.1 Å². The maximum atomic E-state index is 14.0. The molecule has 0 bridgehead atoms. The number of nitrogens with zero attached hydrogens (tertiary/aromatic N) is 2. The number of ketones is 2. The first-order chi connectivity index (χ1) is 17.2. The summed E-state index contributed by atoms with van der Waals surface area (Å²) in [6, 6.07) is 2.33. The lowest BCUT2D eigenvalue weighted by Gasteiger charge is -2.49. The molecule has 3 aliphatic rings. The highest BCUT2D eigenvalue weighted by Crippen LogP contribution is 2.56. The number of ether oxygens (including phenoxy) is 2. The van der Waals surface area contributed by atoms with Crippen molar-refractivity contribution in [2.75, 3.05) is 27.8 Å². The van der Waals surface area contributed by atoms with Crippen LogP contribution in [0.2, 0.25) is 0 Å². The molecular weight excluding hydrogens is 468 g/mol. The minimum absolute atomic E-state index is 0.0452. The highest BCUT2D eigenvalue weighted by molar-refractivity contribution is 6.26. The molecule has 0 unspecified atom stereocenters. The number of fused-ring (bicyclic) bond motifs is 4. The first kappa shape index (κ1) is 24.3. The molecule has 0 amide bonds. The van der Waals surface area contributed by atoms with E-state index in [4.69, 9.17) is 14.0 Å². The monoisotopic (exact) mass is 498 g/mol. The van der Waals surface area contributed by atoms with Crippen molar-refractivity contribution in [2.24, 2.45) is 11.8 Å². The van der Waals surface area contributed by atoms with Gasteiger partial charge in [0.05, 0.1) is 25.3 Å². The van der Waals surface area contributed by atoms with E-state index in [2.05, 4.69) is 5.16 Å². The van der Waals surface area contributed by atoms with Gasteiger partial charge in [0.25, 0.3) is 5.88 Å². The quantitative estimate of drug-likeness (QED) is 0.402. The van der Waals surface area contributed by atoms with Gasteiger partial charge in [-0.3, -0.25) is 14.5 Å². The van der Waals surface area contributed by atoms with Gasteiger partial charge in [0.1, 0.15) is 22.8 Å². The summed E-state index contributed by atoms with van der Waals surface area (Å²) >= 11 is 0. The Morgan fingerprint density at radius 3 is 2.61 bits per heavy atom. The Hall–Kier alpha value is -3.37. The molecule has 0 saturated heterocycles. The number of phenols is 1. The highest BCUT2D eigenvalue weighted by Gasteiger charge is 2.65. The van der Waals surface area contributed by atoms with Crippen LogP contribution in [0.15, 0.2) is 22.2 Å². The molecule has 1 fully saturated rings. The molecule has 1 saturated carbocycles. The number of unbranched alkanes of at least 4 members (excludes halogenated alkanes) is 1. The van der Waals surface area contributed by atoms with Crippen molar-refractivity contribution in [3.05, 3.63) is 40.2 Å². The van der Waals surface area contributed by atoms with Crippen molar-refractivity contribution < 1.29 is 38.9 Å². The van der Waals surface area contributed by atoms with Gasteiger partial charge in [0.2, 0.25) is 11.6 Å². The lowest BCUT2D eigenvalue weighted by Crippen LogP contribution is -2.63. The summed E-state index contributed by atoms with van der Waals surface area (Å²) in [5, 5.41) is 37.6. The van der Waals surface area contributed by atoms with Crippen molar-refractivity contribution in [1.29, 1.82) is 0 Å². The molecule has 36 heavy (non-hydrogen) atoms. The second kappa shape index (κ2) is 8.63. The molecule has 0 aliphatic heterocycles. The summed E-state index contributed by atoms with van der Waals surface area (Å²) in [4.78, 5) is 29.6. The molecule has 10 heteroatoms. The Morgan fingerprint density at radius 1 is 1.19 bits per heavy atom. The van der Waals surface area contributed by atoms with E-state index in [1.165, 1.54) is 13.2 Å². The number of carbonyl (C=O) groups is 2. The Morgan fingerprint density at radius 2 is 1.94 bits per heavy atom. The molecular formula is C26H30N2O8. The molecule has 1 heterocycles. The van der Waals surface area contributed by atoms with E-state index in [1.54, 1.807) is 25.1 Å². The van der Waals surface area contributed by atoms with Gasteiger partial charge in [-0.15, -0.1) is 0 Å². The normalized spacial score (nSPS) is 26.9. The van der Waals surface area contributed by atoms with Crippen LogP contribution in [0, 0.1) is 11.8 Å². The number of methoxy groups -OCH3 is 1. The zero-order chi connectivity index (χ0) is 25.9. The van der Waals surface area contributed by atoms with Crippen LogP contribution in [0.1, 0.15) is 59.5 Å². The average Bonchev–Trinajstić information content (AvgIpc) is 3.25. The molecule has 1 aromatic carbocycles. The zero-order valence-electron chi connectivity index (χ0n) is 20.7. The van der Waals surface area contributed by atoms with E-state index in [9.17, 15) is 24.9 Å². The molecule has 5 rings (SSSR count). The smallest absolute Gasteiger partial charge is 0.265 e. The zero-order valence-corrected chi connectivity index (χ0v) is 20.7. The van der Waals surface area contributed by atoms with E-state index < -0.39 is 40.8 Å². The molecule has 3 N–H and O–H groups in total. The van der Waals surface area contributed by atoms with Crippen LogP contribution in [-0.4, -0.2) is 70.4 Å². The van der Waals surface area contributed by atoms with Crippen molar-refractivity contribution in [3.8, 4) is 17.4 Å². The highest BCUT2D eigenvalue weighted by atomic mass is 16.5. The van der Waals surface area contributed by atoms with Crippen molar-refractivity contribution in [2.45, 2.75) is 44.2 Å². The lowest BCUT2D eigenvalue weighted by atomic mass is 9.57.